The summed E-state index contributed by atoms with van der Waals surface area (Å²) in [5.74, 6) is 0. The summed E-state index contributed by atoms with van der Waals surface area (Å²) in [7, 11) is 0. The molecule has 0 aromatic carbocycles. The molecule has 1 aromatic rings. The molecule has 0 bridgehead atoms. The predicted molar refractivity (Wildman–Crippen MR) is 47.3 cm³/mol. The van der Waals surface area contributed by atoms with Crippen molar-refractivity contribution in [1.82, 2.24) is 9.78 Å². The Balaban J connectivity index is 2.68. The molecule has 0 saturated carbocycles. The van der Waals surface area contributed by atoms with E-state index in [1.165, 1.54) is 0 Å². The van der Waals surface area contributed by atoms with E-state index in [1.807, 2.05) is 17.8 Å². The summed E-state index contributed by atoms with van der Waals surface area (Å²) in [6.07, 6.45) is 4.98. The zero-order chi connectivity index (χ0) is 8.97. The van der Waals surface area contributed by atoms with Crippen LogP contribution in [0.4, 0.5) is 0 Å². The molecular weight excluding hydrogens is 152 g/mol. The highest BCUT2D eigenvalue weighted by atomic mass is 16.1. The van der Waals surface area contributed by atoms with Crippen LogP contribution in [0.3, 0.4) is 0 Å². The van der Waals surface area contributed by atoms with E-state index in [2.05, 4.69) is 12.0 Å². The molecule has 1 rings (SSSR count). The number of nitrogens with zero attached hydrogens (tertiary/aromatic N) is 2. The van der Waals surface area contributed by atoms with E-state index in [9.17, 15) is 4.79 Å². The maximum atomic E-state index is 10.4. The van der Waals surface area contributed by atoms with E-state index in [-0.39, 0.29) is 0 Å². The van der Waals surface area contributed by atoms with Gasteiger partial charge in [0.25, 0.3) is 0 Å². The molecule has 0 aliphatic heterocycles. The summed E-state index contributed by atoms with van der Waals surface area (Å²) >= 11 is 0. The van der Waals surface area contributed by atoms with Crippen molar-refractivity contribution >= 4 is 6.29 Å². The third kappa shape index (κ3) is 1.94. The van der Waals surface area contributed by atoms with Gasteiger partial charge in [-0.05, 0) is 18.9 Å². The van der Waals surface area contributed by atoms with Crippen molar-refractivity contribution in [3.05, 3.63) is 17.5 Å². The summed E-state index contributed by atoms with van der Waals surface area (Å²) in [4.78, 5) is 10.4. The smallest absolute Gasteiger partial charge is 0.170 e. The van der Waals surface area contributed by atoms with Crippen LogP contribution in [0.25, 0.3) is 0 Å². The normalized spacial score (nSPS) is 10.2. The molecule has 66 valence electrons. The van der Waals surface area contributed by atoms with Crippen LogP contribution in [0.15, 0.2) is 6.20 Å². The molecule has 0 fully saturated rings. The third-order valence-electron chi connectivity index (χ3n) is 1.84. The van der Waals surface area contributed by atoms with Crippen molar-refractivity contribution in [2.75, 3.05) is 0 Å². The lowest BCUT2D eigenvalue weighted by atomic mass is 10.3. The first-order valence-electron chi connectivity index (χ1n) is 4.27. The minimum atomic E-state index is 0.561. The number of rotatable bonds is 4. The Morgan fingerprint density at radius 2 is 2.42 bits per heavy atom. The summed E-state index contributed by atoms with van der Waals surface area (Å²) in [6, 6.07) is 0. The van der Waals surface area contributed by atoms with Gasteiger partial charge in [0.05, 0.1) is 0 Å². The van der Waals surface area contributed by atoms with Gasteiger partial charge in [-0.1, -0.05) is 13.3 Å². The van der Waals surface area contributed by atoms with Crippen molar-refractivity contribution < 1.29 is 4.79 Å². The number of carbonyl (C=O) groups is 1. The minimum Gasteiger partial charge on any atom is -0.296 e. The second-order valence-electron chi connectivity index (χ2n) is 2.93. The minimum absolute atomic E-state index is 0.561. The van der Waals surface area contributed by atoms with Crippen molar-refractivity contribution in [3.63, 3.8) is 0 Å². The quantitative estimate of drug-likeness (QED) is 0.639. The highest BCUT2D eigenvalue weighted by molar-refractivity contribution is 5.73. The van der Waals surface area contributed by atoms with Crippen LogP contribution in [0.2, 0.25) is 0 Å². The fraction of sp³-hybridized carbons (Fsp3) is 0.556. The van der Waals surface area contributed by atoms with Gasteiger partial charge in [-0.15, -0.1) is 0 Å². The molecule has 0 N–H and O–H groups in total. The van der Waals surface area contributed by atoms with Gasteiger partial charge < -0.3 is 0 Å². The molecular formula is C9H14N2O. The largest absolute Gasteiger partial charge is 0.296 e. The van der Waals surface area contributed by atoms with Crippen LogP contribution >= 0.6 is 0 Å². The van der Waals surface area contributed by atoms with Gasteiger partial charge in [0, 0.05) is 12.7 Å². The molecule has 0 atom stereocenters. The lowest BCUT2D eigenvalue weighted by molar-refractivity contribution is 0.111. The number of aromatic nitrogens is 2. The zero-order valence-electron chi connectivity index (χ0n) is 7.58. The van der Waals surface area contributed by atoms with Gasteiger partial charge in [-0.25, -0.2) is 0 Å². The van der Waals surface area contributed by atoms with Crippen molar-refractivity contribution in [3.8, 4) is 0 Å². The third-order valence-corrected chi connectivity index (χ3v) is 1.84. The predicted octanol–water partition coefficient (Wildman–Crippen LogP) is 1.80. The summed E-state index contributed by atoms with van der Waals surface area (Å²) < 4.78 is 1.84. The Kier molecular flexibility index (Phi) is 3.02. The van der Waals surface area contributed by atoms with Crippen LogP contribution in [-0.4, -0.2) is 16.1 Å². The fourth-order valence-corrected chi connectivity index (χ4v) is 1.09. The maximum absolute atomic E-state index is 10.4. The summed E-state index contributed by atoms with van der Waals surface area (Å²) in [6.45, 7) is 4.95. The van der Waals surface area contributed by atoms with Gasteiger partial charge in [0.2, 0.25) is 0 Å². The van der Waals surface area contributed by atoms with E-state index in [0.717, 1.165) is 31.2 Å². The lowest BCUT2D eigenvalue weighted by Crippen LogP contribution is -1.98. The van der Waals surface area contributed by atoms with E-state index in [0.29, 0.717) is 5.69 Å². The summed E-state index contributed by atoms with van der Waals surface area (Å²) in [5, 5.41) is 4.11. The molecule has 3 heteroatoms. The van der Waals surface area contributed by atoms with Crippen molar-refractivity contribution in [2.24, 2.45) is 0 Å². The number of hydrogen-bond acceptors (Lipinski definition) is 2. The highest BCUT2D eigenvalue weighted by Crippen LogP contribution is 2.03. The molecule has 0 unspecified atom stereocenters. The Morgan fingerprint density at radius 3 is 2.92 bits per heavy atom. The molecule has 0 aliphatic carbocycles. The van der Waals surface area contributed by atoms with Gasteiger partial charge in [0.15, 0.2) is 6.29 Å². The molecule has 3 nitrogen and oxygen atoms in total. The number of hydrogen-bond donors (Lipinski definition) is 0. The Labute approximate surface area is 72.4 Å². The summed E-state index contributed by atoms with van der Waals surface area (Å²) in [5.41, 5.74) is 1.52. The molecule has 12 heavy (non-hydrogen) atoms. The first kappa shape index (κ1) is 8.97. The first-order chi connectivity index (χ1) is 5.77. The topological polar surface area (TPSA) is 34.9 Å². The average Bonchev–Trinajstić information content (AvgIpc) is 2.43. The number of unbranched alkanes of at least 4 members (excludes halogenated alkanes) is 1. The van der Waals surface area contributed by atoms with Crippen molar-refractivity contribution in [1.29, 1.82) is 0 Å². The maximum Gasteiger partial charge on any atom is 0.170 e. The fourth-order valence-electron chi connectivity index (χ4n) is 1.09. The number of aldehydes is 1. The number of carbonyl (C=O) groups excluding carboxylic acids is 1. The molecule has 0 aliphatic rings. The first-order valence-corrected chi connectivity index (χ1v) is 4.27. The van der Waals surface area contributed by atoms with Gasteiger partial charge in [-0.2, -0.15) is 5.10 Å². The number of aryl methyl sites for hydroxylation is 2. The van der Waals surface area contributed by atoms with Crippen LogP contribution in [0.1, 0.15) is 35.8 Å². The Bertz CT molecular complexity index is 265. The molecule has 0 radical (unpaired) electrons. The second-order valence-corrected chi connectivity index (χ2v) is 2.93. The zero-order valence-corrected chi connectivity index (χ0v) is 7.58. The van der Waals surface area contributed by atoms with Gasteiger partial charge in [0.1, 0.15) is 5.69 Å². The van der Waals surface area contributed by atoms with Gasteiger partial charge in [-0.3, -0.25) is 9.48 Å². The monoisotopic (exact) mass is 166 g/mol. The van der Waals surface area contributed by atoms with Crippen molar-refractivity contribution in [2.45, 2.75) is 33.2 Å². The molecule has 0 spiro atoms. The van der Waals surface area contributed by atoms with Gasteiger partial charge >= 0.3 is 0 Å². The average molecular weight is 166 g/mol. The van der Waals surface area contributed by atoms with E-state index < -0.39 is 0 Å². The standard InChI is InChI=1S/C9H14N2O/c1-3-4-5-11-6-8(2)9(7-12)10-11/h6-7H,3-5H2,1-2H3. The highest BCUT2D eigenvalue weighted by Gasteiger charge is 2.01. The SMILES string of the molecule is CCCCn1cc(C)c(C=O)n1. The van der Waals surface area contributed by atoms with Crippen LogP contribution in [0, 0.1) is 6.92 Å². The van der Waals surface area contributed by atoms with Crippen LogP contribution in [0.5, 0.6) is 0 Å². The Hall–Kier alpha value is -1.12. The van der Waals surface area contributed by atoms with E-state index >= 15 is 0 Å². The molecule has 1 heterocycles. The molecule has 1 aromatic heterocycles. The Morgan fingerprint density at radius 1 is 1.67 bits per heavy atom. The van der Waals surface area contributed by atoms with E-state index in [4.69, 9.17) is 0 Å². The molecule has 0 saturated heterocycles. The molecule has 0 amide bonds. The van der Waals surface area contributed by atoms with E-state index in [1.54, 1.807) is 0 Å². The lowest BCUT2D eigenvalue weighted by Gasteiger charge is -1.96. The second kappa shape index (κ2) is 4.04. The van der Waals surface area contributed by atoms with Crippen LogP contribution in [-0.2, 0) is 6.54 Å². The van der Waals surface area contributed by atoms with Crippen LogP contribution < -0.4 is 0 Å².